The number of amides is 2. The molecule has 0 unspecified atom stereocenters. The number of halogens is 2. The number of nitrogens with zero attached hydrogens (tertiary/aromatic N) is 2. The number of anilines is 1. The van der Waals surface area contributed by atoms with Crippen molar-refractivity contribution in [3.63, 3.8) is 0 Å². The molecule has 0 aliphatic carbocycles. The second kappa shape index (κ2) is 13.1. The number of sulfonamides is 1. The van der Waals surface area contributed by atoms with Gasteiger partial charge in [-0.25, -0.2) is 8.42 Å². The van der Waals surface area contributed by atoms with Crippen LogP contribution in [0.15, 0.2) is 83.8 Å². The Labute approximate surface area is 234 Å². The van der Waals surface area contributed by atoms with Gasteiger partial charge in [0.05, 0.1) is 20.6 Å². The molecule has 0 aliphatic heterocycles. The van der Waals surface area contributed by atoms with Crippen molar-refractivity contribution >= 4 is 50.7 Å². The van der Waals surface area contributed by atoms with Crippen molar-refractivity contribution in [3.8, 4) is 0 Å². The molecule has 3 aromatic carbocycles. The second-order valence-electron chi connectivity index (χ2n) is 9.02. The average molecular weight is 577 g/mol. The summed E-state index contributed by atoms with van der Waals surface area (Å²) in [6.07, 6.45) is 0.343. The van der Waals surface area contributed by atoms with Crippen molar-refractivity contribution in [2.45, 2.75) is 50.7 Å². The number of benzene rings is 3. The summed E-state index contributed by atoms with van der Waals surface area (Å²) in [5.74, 6) is -0.844. The molecule has 0 heterocycles. The van der Waals surface area contributed by atoms with Crippen LogP contribution in [0.2, 0.25) is 10.0 Å². The summed E-state index contributed by atoms with van der Waals surface area (Å²) < 4.78 is 28.5. The molecule has 38 heavy (non-hydrogen) atoms. The molecule has 3 rings (SSSR count). The number of nitrogens with one attached hydrogen (secondary N) is 1. The van der Waals surface area contributed by atoms with Crippen LogP contribution in [0.3, 0.4) is 0 Å². The van der Waals surface area contributed by atoms with Gasteiger partial charge in [0.1, 0.15) is 12.6 Å². The summed E-state index contributed by atoms with van der Waals surface area (Å²) in [6, 6.07) is 20.5. The minimum Gasteiger partial charge on any atom is -0.352 e. The lowest BCUT2D eigenvalue weighted by atomic mass is 10.1. The van der Waals surface area contributed by atoms with Gasteiger partial charge < -0.3 is 10.2 Å². The number of hydrogen-bond acceptors (Lipinski definition) is 4. The average Bonchev–Trinajstić information content (AvgIpc) is 2.89. The van der Waals surface area contributed by atoms with Crippen LogP contribution in [0.4, 0.5) is 5.69 Å². The summed E-state index contributed by atoms with van der Waals surface area (Å²) in [6.45, 7) is 5.07. The van der Waals surface area contributed by atoms with Crippen molar-refractivity contribution in [1.82, 2.24) is 10.2 Å². The van der Waals surface area contributed by atoms with Gasteiger partial charge in [-0.1, -0.05) is 78.7 Å². The van der Waals surface area contributed by atoms with Crippen molar-refractivity contribution < 1.29 is 18.0 Å². The Morgan fingerprint density at radius 2 is 1.50 bits per heavy atom. The Morgan fingerprint density at radius 1 is 0.895 bits per heavy atom. The fraction of sp³-hybridized carbons (Fsp3) is 0.286. The van der Waals surface area contributed by atoms with Crippen LogP contribution in [0.5, 0.6) is 0 Å². The van der Waals surface area contributed by atoms with E-state index < -0.39 is 28.5 Å². The van der Waals surface area contributed by atoms with Crippen molar-refractivity contribution in [2.75, 3.05) is 10.8 Å². The Hall–Kier alpha value is -3.07. The normalized spacial score (nSPS) is 12.2. The first-order valence-electron chi connectivity index (χ1n) is 12.2. The first kappa shape index (κ1) is 29.5. The van der Waals surface area contributed by atoms with E-state index in [1.165, 1.54) is 35.2 Å². The SMILES string of the molecule is CC[C@@H](C(=O)NC(C)C)N(Cc1ccccc1)C(=O)CN(c1ccc(Cl)c(Cl)c1)S(=O)(=O)c1ccccc1. The van der Waals surface area contributed by atoms with Crippen molar-refractivity contribution in [1.29, 1.82) is 0 Å². The van der Waals surface area contributed by atoms with Crippen LogP contribution in [0, 0.1) is 0 Å². The molecule has 0 radical (unpaired) electrons. The summed E-state index contributed by atoms with van der Waals surface area (Å²) in [7, 11) is -4.17. The zero-order chi connectivity index (χ0) is 27.9. The molecular formula is C28H31Cl2N3O4S. The van der Waals surface area contributed by atoms with Gasteiger partial charge in [-0.05, 0) is 56.2 Å². The van der Waals surface area contributed by atoms with Crippen molar-refractivity contribution in [3.05, 3.63) is 94.5 Å². The highest BCUT2D eigenvalue weighted by atomic mass is 35.5. The smallest absolute Gasteiger partial charge is 0.264 e. The maximum atomic E-state index is 13.9. The summed E-state index contributed by atoms with van der Waals surface area (Å²) in [5, 5.41) is 3.27. The Bertz CT molecular complexity index is 1350. The molecule has 1 atom stereocenters. The van der Waals surface area contributed by atoms with Crippen LogP contribution in [-0.2, 0) is 26.2 Å². The van der Waals surface area contributed by atoms with Gasteiger partial charge in [0.15, 0.2) is 0 Å². The largest absolute Gasteiger partial charge is 0.352 e. The lowest BCUT2D eigenvalue weighted by molar-refractivity contribution is -0.140. The Balaban J connectivity index is 2.06. The third-order valence-corrected chi connectivity index (χ3v) is 8.34. The molecule has 2 amide bonds. The van der Waals surface area contributed by atoms with Gasteiger partial charge in [-0.15, -0.1) is 0 Å². The van der Waals surface area contributed by atoms with E-state index in [1.54, 1.807) is 18.2 Å². The molecule has 0 spiro atoms. The van der Waals surface area contributed by atoms with Gasteiger partial charge in [0, 0.05) is 12.6 Å². The first-order valence-corrected chi connectivity index (χ1v) is 14.4. The summed E-state index contributed by atoms with van der Waals surface area (Å²) >= 11 is 12.3. The molecule has 0 aromatic heterocycles. The molecular weight excluding hydrogens is 545 g/mol. The molecule has 0 bridgehead atoms. The number of carbonyl (C=O) groups is 2. The molecule has 7 nitrogen and oxygen atoms in total. The molecule has 0 saturated carbocycles. The van der Waals surface area contributed by atoms with Gasteiger partial charge >= 0.3 is 0 Å². The highest BCUT2D eigenvalue weighted by molar-refractivity contribution is 7.92. The standard InChI is InChI=1S/C28H31Cl2N3O4S/c1-4-26(28(35)31-20(2)3)32(18-21-11-7-5-8-12-21)27(34)19-33(22-15-16-24(29)25(30)17-22)38(36,37)23-13-9-6-10-14-23/h5-17,20,26H,4,18-19H2,1-3H3,(H,31,35)/t26-/m0/s1. The van der Waals surface area contributed by atoms with Gasteiger partial charge in [0.2, 0.25) is 11.8 Å². The highest BCUT2D eigenvalue weighted by Crippen LogP contribution is 2.31. The predicted octanol–water partition coefficient (Wildman–Crippen LogP) is 5.52. The molecule has 202 valence electrons. The van der Waals surface area contributed by atoms with Gasteiger partial charge in [0.25, 0.3) is 10.0 Å². The maximum absolute atomic E-state index is 13.9. The third kappa shape index (κ3) is 7.28. The lowest BCUT2D eigenvalue weighted by Crippen LogP contribution is -2.53. The molecule has 0 aliphatic rings. The lowest BCUT2D eigenvalue weighted by Gasteiger charge is -2.33. The number of hydrogen-bond donors (Lipinski definition) is 1. The minimum atomic E-state index is -4.17. The quantitative estimate of drug-likeness (QED) is 0.326. The summed E-state index contributed by atoms with van der Waals surface area (Å²) in [4.78, 5) is 28.5. The zero-order valence-corrected chi connectivity index (χ0v) is 23.8. The van der Waals surface area contributed by atoms with Crippen LogP contribution < -0.4 is 9.62 Å². The second-order valence-corrected chi connectivity index (χ2v) is 11.7. The van der Waals surface area contributed by atoms with Crippen LogP contribution >= 0.6 is 23.2 Å². The highest BCUT2D eigenvalue weighted by Gasteiger charge is 2.34. The maximum Gasteiger partial charge on any atom is 0.264 e. The van der Waals surface area contributed by atoms with E-state index in [0.717, 1.165) is 9.87 Å². The monoisotopic (exact) mass is 575 g/mol. The van der Waals surface area contributed by atoms with E-state index in [1.807, 2.05) is 51.1 Å². The Kier molecular flexibility index (Phi) is 10.2. The van der Waals surface area contributed by atoms with Crippen molar-refractivity contribution in [2.24, 2.45) is 0 Å². The fourth-order valence-electron chi connectivity index (χ4n) is 3.97. The molecule has 1 N–H and O–H groups in total. The molecule has 3 aromatic rings. The predicted molar refractivity (Wildman–Crippen MR) is 152 cm³/mol. The van der Waals surface area contributed by atoms with Crippen LogP contribution in [0.1, 0.15) is 32.8 Å². The van der Waals surface area contributed by atoms with E-state index >= 15 is 0 Å². The van der Waals surface area contributed by atoms with E-state index in [4.69, 9.17) is 23.2 Å². The fourth-order valence-corrected chi connectivity index (χ4v) is 5.69. The van der Waals surface area contributed by atoms with Crippen LogP contribution in [-0.4, -0.2) is 43.8 Å². The van der Waals surface area contributed by atoms with E-state index in [-0.39, 0.29) is 39.1 Å². The zero-order valence-electron chi connectivity index (χ0n) is 21.5. The van der Waals surface area contributed by atoms with Gasteiger partial charge in [-0.2, -0.15) is 0 Å². The topological polar surface area (TPSA) is 86.8 Å². The number of carbonyl (C=O) groups excluding carboxylic acids is 2. The van der Waals surface area contributed by atoms with E-state index in [0.29, 0.717) is 6.42 Å². The molecule has 0 saturated heterocycles. The van der Waals surface area contributed by atoms with E-state index in [2.05, 4.69) is 5.32 Å². The van der Waals surface area contributed by atoms with E-state index in [9.17, 15) is 18.0 Å². The summed E-state index contributed by atoms with van der Waals surface area (Å²) in [5.41, 5.74) is 0.986. The molecule has 10 heteroatoms. The van der Waals surface area contributed by atoms with Gasteiger partial charge in [-0.3, -0.25) is 13.9 Å². The molecule has 0 fully saturated rings. The Morgan fingerprint density at radius 3 is 2.05 bits per heavy atom. The third-order valence-electron chi connectivity index (χ3n) is 5.81. The number of rotatable bonds is 11. The van der Waals surface area contributed by atoms with Crippen LogP contribution in [0.25, 0.3) is 0 Å². The minimum absolute atomic E-state index is 0.0121. The first-order chi connectivity index (χ1) is 18.0.